The first-order valence-electron chi connectivity index (χ1n) is 6.69. The van der Waals surface area contributed by atoms with Gasteiger partial charge >= 0.3 is 0 Å². The van der Waals surface area contributed by atoms with Crippen molar-refractivity contribution in [1.82, 2.24) is 0 Å². The molecule has 2 aromatic rings. The smallest absolute Gasteiger partial charge is 0.190 e. The predicted molar refractivity (Wildman–Crippen MR) is 75.7 cm³/mol. The Labute approximate surface area is 112 Å². The molecule has 1 aliphatic carbocycles. The summed E-state index contributed by atoms with van der Waals surface area (Å²) in [6.45, 7) is 2.08. The van der Waals surface area contributed by atoms with Crippen LogP contribution in [0, 0.1) is 6.92 Å². The van der Waals surface area contributed by atoms with Crippen LogP contribution < -0.4 is 5.32 Å². The topological polar surface area (TPSA) is 29.1 Å². The molecular formula is C17H15NO. The monoisotopic (exact) mass is 249 g/mol. The second kappa shape index (κ2) is 3.47. The van der Waals surface area contributed by atoms with Crippen molar-refractivity contribution in [2.75, 3.05) is 5.32 Å². The molecule has 1 aliphatic heterocycles. The van der Waals surface area contributed by atoms with E-state index in [1.54, 1.807) is 0 Å². The fraction of sp³-hybridized carbons (Fsp3) is 0.235. The maximum atomic E-state index is 12.6. The van der Waals surface area contributed by atoms with E-state index in [0.717, 1.165) is 17.7 Å². The molecule has 1 spiro atoms. The highest BCUT2D eigenvalue weighted by molar-refractivity contribution is 6.16. The van der Waals surface area contributed by atoms with Gasteiger partial charge in [-0.1, -0.05) is 42.0 Å². The molecule has 0 saturated heterocycles. The Bertz CT molecular complexity index is 674. The molecule has 2 aromatic carbocycles. The summed E-state index contributed by atoms with van der Waals surface area (Å²) in [5, 5.41) is 3.45. The van der Waals surface area contributed by atoms with Gasteiger partial charge in [0.05, 0.1) is 0 Å². The highest BCUT2D eigenvalue weighted by Gasteiger charge is 2.63. The van der Waals surface area contributed by atoms with Crippen LogP contribution in [-0.2, 0) is 0 Å². The molecule has 0 amide bonds. The van der Waals surface area contributed by atoms with Crippen molar-refractivity contribution in [3.63, 3.8) is 0 Å². The Hall–Kier alpha value is -2.09. The minimum atomic E-state index is -0.362. The van der Waals surface area contributed by atoms with Crippen LogP contribution in [0.2, 0.25) is 0 Å². The van der Waals surface area contributed by atoms with Gasteiger partial charge in [-0.2, -0.15) is 0 Å². The van der Waals surface area contributed by atoms with Crippen LogP contribution in [0.5, 0.6) is 0 Å². The molecule has 1 saturated carbocycles. The number of benzene rings is 2. The number of aryl methyl sites for hydroxylation is 1. The molecule has 1 N–H and O–H groups in total. The number of rotatable bonds is 1. The zero-order valence-electron chi connectivity index (χ0n) is 10.8. The predicted octanol–water partition coefficient (Wildman–Crippen LogP) is 3.53. The van der Waals surface area contributed by atoms with E-state index in [2.05, 4.69) is 36.5 Å². The van der Waals surface area contributed by atoms with Crippen LogP contribution in [0.3, 0.4) is 0 Å². The van der Waals surface area contributed by atoms with Crippen molar-refractivity contribution >= 4 is 11.5 Å². The molecule has 94 valence electrons. The molecule has 2 aliphatic rings. The molecule has 4 rings (SSSR count). The van der Waals surface area contributed by atoms with Crippen LogP contribution in [0.4, 0.5) is 5.69 Å². The first-order valence-corrected chi connectivity index (χ1v) is 6.69. The average molecular weight is 249 g/mol. The Morgan fingerprint density at radius 2 is 1.84 bits per heavy atom. The second-order valence-electron chi connectivity index (χ2n) is 5.64. The number of carbonyl (C=O) groups excluding carboxylic acids is 1. The number of nitrogens with one attached hydrogen (secondary N) is 1. The molecule has 1 heterocycles. The molecule has 2 nitrogen and oxygen atoms in total. The lowest BCUT2D eigenvalue weighted by Crippen LogP contribution is -2.26. The number of carbonyl (C=O) groups is 1. The summed E-state index contributed by atoms with van der Waals surface area (Å²) in [6.07, 6.45) is 0.906. The third-order valence-corrected chi connectivity index (χ3v) is 4.38. The number of ketones is 1. The van der Waals surface area contributed by atoms with Gasteiger partial charge in [-0.25, -0.2) is 0 Å². The molecule has 2 heteroatoms. The average Bonchev–Trinajstić information content (AvgIpc) is 3.07. The SMILES string of the molecule is Cc1ccc([C@H]2C[C@@]23Nc2ccccc2C3=O)cc1. The summed E-state index contributed by atoms with van der Waals surface area (Å²) in [4.78, 5) is 12.6. The van der Waals surface area contributed by atoms with E-state index >= 15 is 0 Å². The van der Waals surface area contributed by atoms with Crippen molar-refractivity contribution in [3.8, 4) is 0 Å². The zero-order chi connectivity index (χ0) is 13.0. The first kappa shape index (κ1) is 10.8. The Kier molecular flexibility index (Phi) is 1.97. The number of anilines is 1. The normalized spacial score (nSPS) is 27.2. The largest absolute Gasteiger partial charge is 0.371 e. The minimum Gasteiger partial charge on any atom is -0.371 e. The van der Waals surface area contributed by atoms with Gasteiger partial charge < -0.3 is 5.32 Å². The quantitative estimate of drug-likeness (QED) is 0.837. The lowest BCUT2D eigenvalue weighted by atomic mass is 10.0. The number of fused-ring (bicyclic) bond motifs is 1. The van der Waals surface area contributed by atoms with Gasteiger partial charge in [-0.05, 0) is 31.0 Å². The maximum Gasteiger partial charge on any atom is 0.190 e. The van der Waals surface area contributed by atoms with Crippen molar-refractivity contribution in [3.05, 3.63) is 65.2 Å². The zero-order valence-corrected chi connectivity index (χ0v) is 10.8. The Morgan fingerprint density at radius 1 is 1.11 bits per heavy atom. The molecule has 19 heavy (non-hydrogen) atoms. The molecule has 0 bridgehead atoms. The molecule has 0 radical (unpaired) electrons. The Morgan fingerprint density at radius 3 is 2.58 bits per heavy atom. The van der Waals surface area contributed by atoms with Gasteiger partial charge in [0.1, 0.15) is 5.54 Å². The first-order chi connectivity index (χ1) is 9.21. The molecule has 0 aromatic heterocycles. The van der Waals surface area contributed by atoms with E-state index in [1.807, 2.05) is 24.3 Å². The highest BCUT2D eigenvalue weighted by Crippen LogP contribution is 2.58. The van der Waals surface area contributed by atoms with E-state index in [0.29, 0.717) is 5.92 Å². The molecule has 2 atom stereocenters. The Balaban J connectivity index is 1.70. The fourth-order valence-electron chi connectivity index (χ4n) is 3.18. The van der Waals surface area contributed by atoms with E-state index in [4.69, 9.17) is 0 Å². The summed E-state index contributed by atoms with van der Waals surface area (Å²) in [6, 6.07) is 16.3. The molecular weight excluding hydrogens is 234 g/mol. The van der Waals surface area contributed by atoms with Gasteiger partial charge in [-0.15, -0.1) is 0 Å². The van der Waals surface area contributed by atoms with Crippen molar-refractivity contribution in [1.29, 1.82) is 0 Å². The summed E-state index contributed by atoms with van der Waals surface area (Å²) in [5.74, 6) is 0.571. The lowest BCUT2D eigenvalue weighted by molar-refractivity contribution is 0.0967. The van der Waals surface area contributed by atoms with Crippen molar-refractivity contribution < 1.29 is 4.79 Å². The van der Waals surface area contributed by atoms with Crippen LogP contribution in [0.1, 0.15) is 33.8 Å². The van der Waals surface area contributed by atoms with E-state index < -0.39 is 0 Å². The fourth-order valence-corrected chi connectivity index (χ4v) is 3.18. The van der Waals surface area contributed by atoms with E-state index in [-0.39, 0.29) is 11.3 Å². The maximum absolute atomic E-state index is 12.6. The number of hydrogen-bond donors (Lipinski definition) is 1. The van der Waals surface area contributed by atoms with E-state index in [1.165, 1.54) is 11.1 Å². The van der Waals surface area contributed by atoms with Crippen LogP contribution in [0.25, 0.3) is 0 Å². The molecule has 0 unspecified atom stereocenters. The van der Waals surface area contributed by atoms with Gasteiger partial charge in [0.25, 0.3) is 0 Å². The van der Waals surface area contributed by atoms with Crippen molar-refractivity contribution in [2.24, 2.45) is 0 Å². The van der Waals surface area contributed by atoms with Gasteiger partial charge in [0.2, 0.25) is 0 Å². The number of Topliss-reactive ketones (excluding diaryl/α,β-unsaturated/α-hetero) is 1. The minimum absolute atomic E-state index is 0.258. The van der Waals surface area contributed by atoms with E-state index in [9.17, 15) is 4.79 Å². The van der Waals surface area contributed by atoms with Gasteiger partial charge in [0, 0.05) is 17.2 Å². The summed E-state index contributed by atoms with van der Waals surface area (Å²) in [7, 11) is 0. The van der Waals surface area contributed by atoms with Crippen LogP contribution in [-0.4, -0.2) is 11.3 Å². The lowest BCUT2D eigenvalue weighted by Gasteiger charge is -2.10. The number of para-hydroxylation sites is 1. The standard InChI is InChI=1S/C17H15NO/c1-11-6-8-12(9-7-11)14-10-17(14)16(19)13-4-2-3-5-15(13)18-17/h2-9,14,18H,10H2,1H3/t14-,17-/m1/s1. The van der Waals surface area contributed by atoms with Crippen LogP contribution >= 0.6 is 0 Å². The van der Waals surface area contributed by atoms with Crippen molar-refractivity contribution in [2.45, 2.75) is 24.8 Å². The second-order valence-corrected chi connectivity index (χ2v) is 5.64. The third-order valence-electron chi connectivity index (χ3n) is 4.38. The van der Waals surface area contributed by atoms with Gasteiger partial charge in [0.15, 0.2) is 5.78 Å². The summed E-state index contributed by atoms with van der Waals surface area (Å²) < 4.78 is 0. The third kappa shape index (κ3) is 1.40. The molecule has 1 fully saturated rings. The summed E-state index contributed by atoms with van der Waals surface area (Å²) >= 11 is 0. The van der Waals surface area contributed by atoms with Gasteiger partial charge in [-0.3, -0.25) is 4.79 Å². The number of hydrogen-bond acceptors (Lipinski definition) is 2. The summed E-state index contributed by atoms with van der Waals surface area (Å²) in [5.41, 5.74) is 3.99. The highest BCUT2D eigenvalue weighted by atomic mass is 16.1. The van der Waals surface area contributed by atoms with Crippen LogP contribution in [0.15, 0.2) is 48.5 Å².